The zero-order chi connectivity index (χ0) is 25.0. The van der Waals surface area contributed by atoms with Gasteiger partial charge in [0.25, 0.3) is 5.91 Å². The molecule has 0 bridgehead atoms. The van der Waals surface area contributed by atoms with Crippen LogP contribution in [0.3, 0.4) is 0 Å². The lowest BCUT2D eigenvalue weighted by Gasteiger charge is -2.27. The van der Waals surface area contributed by atoms with Crippen LogP contribution >= 0.6 is 11.6 Å². The first-order valence-electron chi connectivity index (χ1n) is 11.6. The number of benzene rings is 2. The van der Waals surface area contributed by atoms with Gasteiger partial charge in [0, 0.05) is 35.8 Å². The van der Waals surface area contributed by atoms with Crippen LogP contribution in [0.4, 0.5) is 5.69 Å². The molecule has 7 nitrogen and oxygen atoms in total. The molecule has 1 unspecified atom stereocenters. The number of hydrogen-bond donors (Lipinski definition) is 2. The topological polar surface area (TPSA) is 91.5 Å². The number of aliphatic hydroxyl groups excluding tert-OH is 1. The van der Waals surface area contributed by atoms with E-state index >= 15 is 0 Å². The highest BCUT2D eigenvalue weighted by Gasteiger charge is 2.52. The van der Waals surface area contributed by atoms with Crippen LogP contribution in [-0.2, 0) is 16.9 Å². The summed E-state index contributed by atoms with van der Waals surface area (Å²) < 4.78 is 1.73. The molecule has 0 spiro atoms. The van der Waals surface area contributed by atoms with Crippen LogP contribution in [-0.4, -0.2) is 44.3 Å². The van der Waals surface area contributed by atoms with Crippen molar-refractivity contribution in [1.82, 2.24) is 15.0 Å². The number of carbonyl (C=O) groups excluding carboxylic acids is 1. The molecule has 1 aliphatic rings. The number of fused-ring (bicyclic) bond motifs is 1. The fourth-order valence-corrected chi connectivity index (χ4v) is 4.69. The molecule has 1 aliphatic heterocycles. The molecule has 1 aromatic heterocycles. The molecule has 8 heteroatoms. The van der Waals surface area contributed by atoms with Gasteiger partial charge in [-0.15, -0.1) is 11.7 Å². The molecule has 1 amide bonds. The van der Waals surface area contributed by atoms with Gasteiger partial charge < -0.3 is 15.1 Å². The third-order valence-corrected chi connectivity index (χ3v) is 6.68. The number of rotatable bonds is 10. The number of carbonyl (C=O) groups is 1. The number of aromatic nitrogens is 3. The predicted molar refractivity (Wildman–Crippen MR) is 136 cm³/mol. The van der Waals surface area contributed by atoms with Gasteiger partial charge >= 0.3 is 0 Å². The van der Waals surface area contributed by atoms with Crippen molar-refractivity contribution in [2.75, 3.05) is 18.1 Å². The maximum absolute atomic E-state index is 13.2. The Bertz CT molecular complexity index is 1230. The highest BCUT2D eigenvalue weighted by atomic mass is 35.5. The highest BCUT2D eigenvalue weighted by Crippen LogP contribution is 2.46. The quantitative estimate of drug-likeness (QED) is 0.416. The third kappa shape index (κ3) is 4.80. The van der Waals surface area contributed by atoms with Crippen LogP contribution in [0.1, 0.15) is 36.1 Å². The maximum Gasteiger partial charge on any atom is 0.264 e. The lowest BCUT2D eigenvalue weighted by Crippen LogP contribution is -2.44. The Morgan fingerprint density at radius 2 is 2.00 bits per heavy atom. The number of allylic oxidation sites excluding steroid dienone is 1. The molecule has 3 atom stereocenters. The molecular formula is C27H29ClN4O3. The van der Waals surface area contributed by atoms with Crippen LogP contribution in [0, 0.1) is 5.92 Å². The molecule has 0 aliphatic carbocycles. The molecule has 0 fully saturated rings. The maximum atomic E-state index is 13.2. The van der Waals surface area contributed by atoms with Crippen LogP contribution < -0.4 is 4.90 Å². The van der Waals surface area contributed by atoms with Crippen molar-refractivity contribution in [1.29, 1.82) is 0 Å². The van der Waals surface area contributed by atoms with Gasteiger partial charge in [-0.05, 0) is 30.2 Å². The summed E-state index contributed by atoms with van der Waals surface area (Å²) in [5.41, 5.74) is 1.14. The largest absolute Gasteiger partial charge is 0.395 e. The monoisotopic (exact) mass is 492 g/mol. The Kier molecular flexibility index (Phi) is 7.50. The fourth-order valence-electron chi connectivity index (χ4n) is 4.51. The van der Waals surface area contributed by atoms with E-state index in [0.29, 0.717) is 41.5 Å². The second kappa shape index (κ2) is 10.6. The van der Waals surface area contributed by atoms with E-state index in [1.54, 1.807) is 29.0 Å². The van der Waals surface area contributed by atoms with Gasteiger partial charge in [-0.3, -0.25) is 9.48 Å². The summed E-state index contributed by atoms with van der Waals surface area (Å²) in [5, 5.41) is 30.3. The van der Waals surface area contributed by atoms with E-state index < -0.39 is 11.5 Å². The predicted octanol–water partition coefficient (Wildman–Crippen LogP) is 4.06. The molecule has 3 aromatic rings. The van der Waals surface area contributed by atoms with Gasteiger partial charge in [-0.1, -0.05) is 72.3 Å². The minimum Gasteiger partial charge on any atom is -0.395 e. The lowest BCUT2D eigenvalue weighted by atomic mass is 9.83. The summed E-state index contributed by atoms with van der Waals surface area (Å²) in [6.07, 6.45) is 7.88. The van der Waals surface area contributed by atoms with Crippen molar-refractivity contribution < 1.29 is 15.0 Å². The normalized spacial score (nSPS) is 19.2. The number of amides is 1. The minimum absolute atomic E-state index is 0.0545. The Balaban J connectivity index is 1.44. The molecule has 2 heterocycles. The molecule has 35 heavy (non-hydrogen) atoms. The molecule has 2 aromatic carbocycles. The summed E-state index contributed by atoms with van der Waals surface area (Å²) in [6, 6.07) is 14.8. The molecule has 182 valence electrons. The van der Waals surface area contributed by atoms with Crippen LogP contribution in [0.15, 0.2) is 79.5 Å². The van der Waals surface area contributed by atoms with Crippen molar-refractivity contribution >= 4 is 23.2 Å². The SMILES string of the molecule is C=CCN1C(=O)[C@](O)([C@H](C)/C=C/CCn2cc(C(CO)c3ccccc3)nn2)c2cc(Cl)ccc21. The first-order valence-corrected chi connectivity index (χ1v) is 12.0. The zero-order valence-corrected chi connectivity index (χ0v) is 20.3. The van der Waals surface area contributed by atoms with Gasteiger partial charge in [0.05, 0.1) is 23.9 Å². The Morgan fingerprint density at radius 1 is 1.23 bits per heavy atom. The summed E-state index contributed by atoms with van der Waals surface area (Å²) in [6.45, 7) is 6.36. The second-order valence-electron chi connectivity index (χ2n) is 8.69. The minimum atomic E-state index is -1.70. The van der Waals surface area contributed by atoms with Crippen molar-refractivity contribution in [2.45, 2.75) is 31.4 Å². The van der Waals surface area contributed by atoms with E-state index in [0.717, 1.165) is 5.56 Å². The van der Waals surface area contributed by atoms with E-state index in [9.17, 15) is 15.0 Å². The number of hydrogen-bond acceptors (Lipinski definition) is 5. The second-order valence-corrected chi connectivity index (χ2v) is 9.13. The molecule has 0 saturated carbocycles. The fraction of sp³-hybridized carbons (Fsp3) is 0.296. The molecule has 4 rings (SSSR count). The summed E-state index contributed by atoms with van der Waals surface area (Å²) >= 11 is 6.19. The lowest BCUT2D eigenvalue weighted by molar-refractivity contribution is -0.139. The summed E-state index contributed by atoms with van der Waals surface area (Å²) in [4.78, 5) is 14.7. The number of halogens is 1. The van der Waals surface area contributed by atoms with E-state index in [2.05, 4.69) is 16.9 Å². The van der Waals surface area contributed by atoms with E-state index in [1.165, 1.54) is 4.90 Å². The average molecular weight is 493 g/mol. The average Bonchev–Trinajstić information content (AvgIpc) is 3.41. The molecular weight excluding hydrogens is 464 g/mol. The number of aryl methyl sites for hydroxylation is 1. The van der Waals surface area contributed by atoms with Gasteiger partial charge in [0.2, 0.25) is 0 Å². The van der Waals surface area contributed by atoms with E-state index in [-0.39, 0.29) is 18.4 Å². The third-order valence-electron chi connectivity index (χ3n) is 6.45. The van der Waals surface area contributed by atoms with Gasteiger partial charge in [-0.25, -0.2) is 0 Å². The standard InChI is InChI=1S/C27H29ClN4O3/c1-3-14-32-25-13-12-21(28)16-23(25)27(35,26(32)34)19(2)9-7-8-15-31-17-24(29-30-31)22(18-33)20-10-5-4-6-11-20/h3-7,9-13,16-17,19,22,33,35H,1,8,14-15,18H2,2H3/b9-7+/t19-,22?,27+/m1/s1. The summed E-state index contributed by atoms with van der Waals surface area (Å²) in [7, 11) is 0. The van der Waals surface area contributed by atoms with Crippen molar-refractivity contribution in [2.24, 2.45) is 5.92 Å². The van der Waals surface area contributed by atoms with Crippen molar-refractivity contribution in [3.05, 3.63) is 101 Å². The van der Waals surface area contributed by atoms with Gasteiger partial charge in [0.15, 0.2) is 5.60 Å². The first kappa shape index (κ1) is 24.9. The molecule has 0 saturated heterocycles. The number of anilines is 1. The van der Waals surface area contributed by atoms with Crippen LogP contribution in [0.25, 0.3) is 0 Å². The molecule has 0 radical (unpaired) electrons. The number of aliphatic hydroxyl groups is 2. The summed E-state index contributed by atoms with van der Waals surface area (Å²) in [5.74, 6) is -1.09. The number of nitrogens with zero attached hydrogens (tertiary/aromatic N) is 4. The van der Waals surface area contributed by atoms with Crippen LogP contribution in [0.5, 0.6) is 0 Å². The van der Waals surface area contributed by atoms with Crippen molar-refractivity contribution in [3.63, 3.8) is 0 Å². The van der Waals surface area contributed by atoms with Gasteiger partial charge in [0.1, 0.15) is 0 Å². The zero-order valence-electron chi connectivity index (χ0n) is 19.6. The smallest absolute Gasteiger partial charge is 0.264 e. The first-order chi connectivity index (χ1) is 16.9. The van der Waals surface area contributed by atoms with Gasteiger partial charge in [-0.2, -0.15) is 0 Å². The Hall–Kier alpha value is -3.26. The van der Waals surface area contributed by atoms with Crippen LogP contribution in [0.2, 0.25) is 5.02 Å². The van der Waals surface area contributed by atoms with E-state index in [4.69, 9.17) is 11.6 Å². The Morgan fingerprint density at radius 3 is 2.71 bits per heavy atom. The highest BCUT2D eigenvalue weighted by molar-refractivity contribution is 6.31. The van der Waals surface area contributed by atoms with E-state index in [1.807, 2.05) is 55.6 Å². The Labute approximate surface area is 210 Å². The molecule has 2 N–H and O–H groups in total. The van der Waals surface area contributed by atoms with Crippen molar-refractivity contribution in [3.8, 4) is 0 Å².